The maximum Gasteiger partial charge on any atom is 0.0698 e. The molecule has 0 atom stereocenters. The molecule has 160 valence electrons. The molecule has 26 heavy (non-hydrogen) atoms. The highest BCUT2D eigenvalue weighted by Crippen LogP contribution is 1.98. The number of ether oxygens (including phenoxy) is 1. The van der Waals surface area contributed by atoms with Gasteiger partial charge in [-0.2, -0.15) is 0 Å². The van der Waals surface area contributed by atoms with E-state index < -0.39 is 0 Å². The van der Waals surface area contributed by atoms with Gasteiger partial charge in [0.05, 0.1) is 19.8 Å². The van der Waals surface area contributed by atoms with Crippen LogP contribution in [0.4, 0.5) is 0 Å². The summed E-state index contributed by atoms with van der Waals surface area (Å²) in [6, 6.07) is 0. The van der Waals surface area contributed by atoms with Crippen molar-refractivity contribution in [3.63, 3.8) is 0 Å². The molecule has 0 aromatic rings. The van der Waals surface area contributed by atoms with Crippen LogP contribution >= 0.6 is 0 Å². The lowest BCUT2D eigenvalue weighted by atomic mass is 10.3. The smallest absolute Gasteiger partial charge is 0.0698 e. The standard InChI is InChI=1S/C9H20N2O2.C7H16N2.2C2H6/c1-10-2-4-11(5-3-10)6-8-13-9-7-12;1-3-9-6-4-8(2)5-7-9;2*1-2/h12H,2-9H2,1H3;3-7H2,1-2H3;2*1-2H3. The number of hydrogen-bond donors (Lipinski definition) is 1. The molecule has 6 nitrogen and oxygen atoms in total. The summed E-state index contributed by atoms with van der Waals surface area (Å²) < 4.78 is 5.21. The quantitative estimate of drug-likeness (QED) is 0.710. The summed E-state index contributed by atoms with van der Waals surface area (Å²) in [7, 11) is 4.34. The zero-order valence-corrected chi connectivity index (χ0v) is 18.8. The number of aliphatic hydroxyl groups is 1. The van der Waals surface area contributed by atoms with Crippen LogP contribution in [0.1, 0.15) is 34.6 Å². The zero-order chi connectivity index (χ0) is 20.2. The lowest BCUT2D eigenvalue weighted by molar-refractivity contribution is 0.0613. The van der Waals surface area contributed by atoms with Gasteiger partial charge in [0, 0.05) is 58.9 Å². The molecule has 0 saturated carbocycles. The van der Waals surface area contributed by atoms with E-state index in [1.165, 1.54) is 32.7 Å². The lowest BCUT2D eigenvalue weighted by Crippen LogP contribution is -2.45. The Labute approximate surface area is 164 Å². The number of hydrogen-bond acceptors (Lipinski definition) is 6. The van der Waals surface area contributed by atoms with Crippen molar-refractivity contribution in [1.29, 1.82) is 0 Å². The molecular formula is C20H48N4O2. The van der Waals surface area contributed by atoms with Gasteiger partial charge in [-0.05, 0) is 20.6 Å². The Morgan fingerprint density at radius 1 is 0.692 bits per heavy atom. The van der Waals surface area contributed by atoms with Gasteiger partial charge in [0.1, 0.15) is 0 Å². The minimum absolute atomic E-state index is 0.128. The molecular weight excluding hydrogens is 328 g/mol. The Morgan fingerprint density at radius 2 is 1.12 bits per heavy atom. The highest BCUT2D eigenvalue weighted by molar-refractivity contribution is 4.68. The maximum absolute atomic E-state index is 8.49. The molecule has 2 fully saturated rings. The first-order chi connectivity index (χ1) is 12.7. The zero-order valence-electron chi connectivity index (χ0n) is 18.8. The van der Waals surface area contributed by atoms with Crippen molar-refractivity contribution in [2.45, 2.75) is 34.6 Å². The third kappa shape index (κ3) is 16.0. The number of nitrogens with zero attached hydrogens (tertiary/aromatic N) is 4. The van der Waals surface area contributed by atoms with Gasteiger partial charge in [-0.3, -0.25) is 4.90 Å². The van der Waals surface area contributed by atoms with Crippen LogP contribution in [0.25, 0.3) is 0 Å². The Kier molecular flexibility index (Phi) is 22.7. The van der Waals surface area contributed by atoms with Gasteiger partial charge in [0.25, 0.3) is 0 Å². The van der Waals surface area contributed by atoms with E-state index in [1.807, 2.05) is 27.7 Å². The van der Waals surface area contributed by atoms with Crippen molar-refractivity contribution in [2.24, 2.45) is 0 Å². The van der Waals surface area contributed by atoms with Crippen molar-refractivity contribution in [2.75, 3.05) is 99.4 Å². The maximum atomic E-state index is 8.49. The van der Waals surface area contributed by atoms with Crippen molar-refractivity contribution in [3.05, 3.63) is 0 Å². The van der Waals surface area contributed by atoms with Crippen LogP contribution in [-0.4, -0.2) is 124 Å². The molecule has 0 aromatic carbocycles. The van der Waals surface area contributed by atoms with Crippen molar-refractivity contribution < 1.29 is 9.84 Å². The molecule has 0 aromatic heterocycles. The van der Waals surface area contributed by atoms with E-state index in [1.54, 1.807) is 0 Å². The fraction of sp³-hybridized carbons (Fsp3) is 1.00. The van der Waals surface area contributed by atoms with E-state index in [-0.39, 0.29) is 6.61 Å². The van der Waals surface area contributed by atoms with Gasteiger partial charge in [0.15, 0.2) is 0 Å². The fourth-order valence-corrected chi connectivity index (χ4v) is 2.60. The van der Waals surface area contributed by atoms with Crippen LogP contribution in [0.5, 0.6) is 0 Å². The average molecular weight is 377 g/mol. The van der Waals surface area contributed by atoms with E-state index in [0.717, 1.165) is 39.3 Å². The van der Waals surface area contributed by atoms with Crippen LogP contribution in [0.15, 0.2) is 0 Å². The molecule has 2 rings (SSSR count). The predicted molar refractivity (Wildman–Crippen MR) is 114 cm³/mol. The first-order valence-corrected chi connectivity index (χ1v) is 10.7. The second-order valence-electron chi connectivity index (χ2n) is 6.22. The summed E-state index contributed by atoms with van der Waals surface area (Å²) in [5.74, 6) is 0. The molecule has 2 saturated heterocycles. The fourth-order valence-electron chi connectivity index (χ4n) is 2.60. The van der Waals surface area contributed by atoms with Crippen LogP contribution in [0.3, 0.4) is 0 Å². The average Bonchev–Trinajstić information content (AvgIpc) is 2.71. The molecule has 0 unspecified atom stereocenters. The topological polar surface area (TPSA) is 42.4 Å². The first kappa shape index (κ1) is 28.0. The Bertz CT molecular complexity index is 254. The van der Waals surface area contributed by atoms with Crippen LogP contribution < -0.4 is 0 Å². The minimum atomic E-state index is 0.128. The highest BCUT2D eigenvalue weighted by Gasteiger charge is 2.12. The number of aliphatic hydroxyl groups excluding tert-OH is 1. The van der Waals surface area contributed by atoms with Gasteiger partial charge < -0.3 is 24.5 Å². The van der Waals surface area contributed by atoms with E-state index in [2.05, 4.69) is 40.6 Å². The molecule has 2 heterocycles. The molecule has 0 amide bonds. The number of rotatable bonds is 6. The first-order valence-electron chi connectivity index (χ1n) is 10.7. The number of likely N-dealkylation sites (N-methyl/N-ethyl adjacent to an activating group) is 3. The van der Waals surface area contributed by atoms with Gasteiger partial charge in [-0.25, -0.2) is 0 Å². The van der Waals surface area contributed by atoms with Crippen molar-refractivity contribution in [3.8, 4) is 0 Å². The van der Waals surface area contributed by atoms with Gasteiger partial charge in [0.2, 0.25) is 0 Å². The Hall–Kier alpha value is -0.240. The summed E-state index contributed by atoms with van der Waals surface area (Å²) in [5, 5.41) is 8.49. The molecule has 0 spiro atoms. The SMILES string of the molecule is CC.CC.CCN1CCN(C)CC1.CN1CCN(CCOCCO)CC1. The summed E-state index contributed by atoms with van der Waals surface area (Å²) in [6.07, 6.45) is 0. The normalized spacial score (nSPS) is 19.4. The summed E-state index contributed by atoms with van der Waals surface area (Å²) >= 11 is 0. The molecule has 0 aliphatic carbocycles. The van der Waals surface area contributed by atoms with E-state index in [4.69, 9.17) is 9.84 Å². The minimum Gasteiger partial charge on any atom is -0.394 e. The molecule has 2 aliphatic rings. The van der Waals surface area contributed by atoms with Crippen LogP contribution in [0.2, 0.25) is 0 Å². The predicted octanol–water partition coefficient (Wildman–Crippen LogP) is 1.55. The van der Waals surface area contributed by atoms with E-state index in [0.29, 0.717) is 6.61 Å². The summed E-state index contributed by atoms with van der Waals surface area (Å²) in [5.41, 5.74) is 0. The monoisotopic (exact) mass is 376 g/mol. The van der Waals surface area contributed by atoms with E-state index >= 15 is 0 Å². The van der Waals surface area contributed by atoms with Crippen molar-refractivity contribution in [1.82, 2.24) is 19.6 Å². The van der Waals surface area contributed by atoms with Crippen LogP contribution in [-0.2, 0) is 4.74 Å². The molecule has 0 radical (unpaired) electrons. The van der Waals surface area contributed by atoms with Gasteiger partial charge in [-0.1, -0.05) is 34.6 Å². The largest absolute Gasteiger partial charge is 0.394 e. The van der Waals surface area contributed by atoms with E-state index in [9.17, 15) is 0 Å². The number of piperazine rings is 2. The molecule has 2 aliphatic heterocycles. The van der Waals surface area contributed by atoms with Gasteiger partial charge >= 0.3 is 0 Å². The molecule has 6 heteroatoms. The lowest BCUT2D eigenvalue weighted by Gasteiger charge is -2.32. The summed E-state index contributed by atoms with van der Waals surface area (Å²) in [6.45, 7) is 23.4. The Morgan fingerprint density at radius 3 is 1.50 bits per heavy atom. The third-order valence-corrected chi connectivity index (χ3v) is 4.43. The summed E-state index contributed by atoms with van der Waals surface area (Å²) in [4.78, 5) is 9.61. The Balaban J connectivity index is 0. The van der Waals surface area contributed by atoms with Crippen molar-refractivity contribution >= 4 is 0 Å². The van der Waals surface area contributed by atoms with Gasteiger partial charge in [-0.15, -0.1) is 0 Å². The second-order valence-corrected chi connectivity index (χ2v) is 6.22. The molecule has 0 bridgehead atoms. The molecule has 1 N–H and O–H groups in total. The van der Waals surface area contributed by atoms with Crippen LogP contribution in [0, 0.1) is 0 Å². The third-order valence-electron chi connectivity index (χ3n) is 4.43. The highest BCUT2D eigenvalue weighted by atomic mass is 16.5. The second kappa shape index (κ2) is 21.1.